The molecule has 0 spiro atoms. The van der Waals surface area contributed by atoms with Crippen molar-refractivity contribution < 1.29 is 0 Å². The van der Waals surface area contributed by atoms with E-state index in [1.165, 1.54) is 11.0 Å². The minimum atomic E-state index is 0.431. The lowest BCUT2D eigenvalue weighted by atomic mass is 10.1. The molecule has 0 atom stereocenters. The first kappa shape index (κ1) is 27.9. The van der Waals surface area contributed by atoms with E-state index in [9.17, 15) is 0 Å². The van der Waals surface area contributed by atoms with Gasteiger partial charge in [-0.15, -0.1) is 0 Å². The lowest BCUT2D eigenvalue weighted by Gasteiger charge is -2.07. The molecule has 0 saturated heterocycles. The van der Waals surface area contributed by atoms with Gasteiger partial charge in [0, 0.05) is 39.7 Å². The fourth-order valence-electron chi connectivity index (χ4n) is 4.55. The van der Waals surface area contributed by atoms with Crippen LogP contribution in [0.4, 0.5) is 11.4 Å². The van der Waals surface area contributed by atoms with E-state index in [0.717, 1.165) is 52.7 Å². The van der Waals surface area contributed by atoms with Gasteiger partial charge >= 0.3 is 0 Å². The van der Waals surface area contributed by atoms with Crippen LogP contribution in [0.25, 0.3) is 21.8 Å². The Kier molecular flexibility index (Phi) is 9.30. The number of aryl methyl sites for hydroxylation is 1. The van der Waals surface area contributed by atoms with Crippen LogP contribution in [-0.2, 0) is 6.54 Å². The summed E-state index contributed by atoms with van der Waals surface area (Å²) in [6, 6.07) is 32.3. The second kappa shape index (κ2) is 13.6. The van der Waals surface area contributed by atoms with Gasteiger partial charge in [0.2, 0.25) is 0 Å². The van der Waals surface area contributed by atoms with Gasteiger partial charge in [-0.25, -0.2) is 0 Å². The molecule has 0 aliphatic carbocycles. The third-order valence-corrected chi connectivity index (χ3v) is 6.86. The fourth-order valence-corrected chi connectivity index (χ4v) is 4.89. The largest absolute Gasteiger partial charge is 0.340 e. The van der Waals surface area contributed by atoms with Crippen molar-refractivity contribution in [2.24, 2.45) is 10.2 Å². The number of para-hydroxylation sites is 2. The summed E-state index contributed by atoms with van der Waals surface area (Å²) in [4.78, 5) is 0. The van der Waals surface area contributed by atoms with Crippen molar-refractivity contribution in [2.75, 3.05) is 10.6 Å². The summed E-state index contributed by atoms with van der Waals surface area (Å²) < 4.78 is 2.39. The van der Waals surface area contributed by atoms with Crippen LogP contribution in [0.1, 0.15) is 30.9 Å². The zero-order valence-electron chi connectivity index (χ0n) is 22.7. The number of aromatic nitrogens is 1. The molecule has 0 fully saturated rings. The number of unbranched alkanes of at least 4 members (excludes halogenated alkanes) is 1. The van der Waals surface area contributed by atoms with Gasteiger partial charge in [-0.1, -0.05) is 61.9 Å². The maximum Gasteiger partial charge on any atom is 0.191 e. The van der Waals surface area contributed by atoms with Crippen molar-refractivity contribution in [1.29, 1.82) is 0 Å². The molecule has 41 heavy (non-hydrogen) atoms. The van der Waals surface area contributed by atoms with Crippen molar-refractivity contribution >= 4 is 80.3 Å². The van der Waals surface area contributed by atoms with Gasteiger partial charge in [0.15, 0.2) is 10.2 Å². The average molecular weight is 578 g/mol. The van der Waals surface area contributed by atoms with Crippen molar-refractivity contribution in [1.82, 2.24) is 15.4 Å². The Morgan fingerprint density at radius 1 is 0.683 bits per heavy atom. The van der Waals surface area contributed by atoms with Gasteiger partial charge in [-0.3, -0.25) is 10.9 Å². The normalized spacial score (nSPS) is 11.3. The highest BCUT2D eigenvalue weighted by Gasteiger charge is 2.11. The van der Waals surface area contributed by atoms with E-state index in [4.69, 9.17) is 24.4 Å². The van der Waals surface area contributed by atoms with Gasteiger partial charge < -0.3 is 15.2 Å². The maximum absolute atomic E-state index is 5.36. The molecule has 0 aliphatic rings. The molecular weight excluding hydrogens is 547 g/mol. The van der Waals surface area contributed by atoms with Gasteiger partial charge in [0.05, 0.1) is 12.4 Å². The van der Waals surface area contributed by atoms with Crippen LogP contribution < -0.4 is 21.5 Å². The molecule has 5 rings (SSSR count). The second-order valence-electron chi connectivity index (χ2n) is 9.44. The molecule has 0 unspecified atom stereocenters. The van der Waals surface area contributed by atoms with E-state index in [1.54, 1.807) is 12.4 Å². The second-order valence-corrected chi connectivity index (χ2v) is 10.3. The number of hydrogen-bond acceptors (Lipinski definition) is 4. The standard InChI is InChI=1S/C32H31N7S2/c1-2-3-18-39-29-16-14-23(21-33-37-31(40)35-25-10-6-4-7-11-25)19-27(29)28-20-24(15-17-30(28)39)22-34-38-32(41)36-26-12-8-5-9-13-26/h4-17,19-22H,2-3,18H2,1H3,(H2,35,37,40)(H2,36,38,41)/b33-21+,34-22+. The summed E-state index contributed by atoms with van der Waals surface area (Å²) in [7, 11) is 0. The number of rotatable bonds is 9. The molecule has 1 aromatic heterocycles. The van der Waals surface area contributed by atoms with Crippen LogP contribution >= 0.6 is 24.4 Å². The van der Waals surface area contributed by atoms with Gasteiger partial charge in [0.25, 0.3) is 0 Å². The Balaban J connectivity index is 1.35. The van der Waals surface area contributed by atoms with Crippen molar-refractivity contribution in [3.05, 3.63) is 108 Å². The highest BCUT2D eigenvalue weighted by Crippen LogP contribution is 2.30. The molecule has 9 heteroatoms. The first-order valence-corrected chi connectivity index (χ1v) is 14.3. The predicted octanol–water partition coefficient (Wildman–Crippen LogP) is 7.24. The molecule has 0 aliphatic heterocycles. The number of fused-ring (bicyclic) bond motifs is 3. The highest BCUT2D eigenvalue weighted by molar-refractivity contribution is 7.80. The molecule has 0 amide bonds. The van der Waals surface area contributed by atoms with E-state index in [1.807, 2.05) is 60.7 Å². The molecular formula is C32H31N7S2. The minimum absolute atomic E-state index is 0.431. The van der Waals surface area contributed by atoms with Crippen LogP contribution in [0.3, 0.4) is 0 Å². The molecule has 4 N–H and O–H groups in total. The minimum Gasteiger partial charge on any atom is -0.340 e. The summed E-state index contributed by atoms with van der Waals surface area (Å²) >= 11 is 10.7. The van der Waals surface area contributed by atoms with E-state index in [0.29, 0.717) is 10.2 Å². The van der Waals surface area contributed by atoms with E-state index in [2.05, 4.69) is 79.6 Å². The number of hydrazone groups is 2. The van der Waals surface area contributed by atoms with Crippen molar-refractivity contribution in [3.63, 3.8) is 0 Å². The number of nitrogens with zero attached hydrogens (tertiary/aromatic N) is 3. The maximum atomic E-state index is 5.36. The number of hydrogen-bond donors (Lipinski definition) is 4. The highest BCUT2D eigenvalue weighted by atomic mass is 32.1. The number of thiocarbonyl (C=S) groups is 2. The van der Waals surface area contributed by atoms with E-state index < -0.39 is 0 Å². The summed E-state index contributed by atoms with van der Waals surface area (Å²) in [6.45, 7) is 3.17. The van der Waals surface area contributed by atoms with Crippen molar-refractivity contribution in [2.45, 2.75) is 26.3 Å². The van der Waals surface area contributed by atoms with Crippen LogP contribution in [-0.4, -0.2) is 27.2 Å². The lowest BCUT2D eigenvalue weighted by Crippen LogP contribution is -2.23. The van der Waals surface area contributed by atoms with E-state index in [-0.39, 0.29) is 0 Å². The van der Waals surface area contributed by atoms with Crippen LogP contribution in [0.2, 0.25) is 0 Å². The molecule has 4 aromatic carbocycles. The first-order valence-electron chi connectivity index (χ1n) is 13.5. The number of nitrogens with one attached hydrogen (secondary N) is 4. The van der Waals surface area contributed by atoms with Gasteiger partial charge in [-0.05, 0) is 90.5 Å². The first-order chi connectivity index (χ1) is 20.1. The number of benzene rings is 4. The zero-order chi connectivity index (χ0) is 28.4. The third kappa shape index (κ3) is 7.33. The smallest absolute Gasteiger partial charge is 0.191 e. The van der Waals surface area contributed by atoms with Gasteiger partial charge in [-0.2, -0.15) is 10.2 Å². The third-order valence-electron chi connectivity index (χ3n) is 6.47. The zero-order valence-corrected chi connectivity index (χ0v) is 24.3. The molecule has 206 valence electrons. The predicted molar refractivity (Wildman–Crippen MR) is 181 cm³/mol. The van der Waals surface area contributed by atoms with Crippen LogP contribution in [0, 0.1) is 0 Å². The van der Waals surface area contributed by atoms with Crippen molar-refractivity contribution in [3.8, 4) is 0 Å². The molecule has 1 heterocycles. The quantitative estimate of drug-likeness (QED) is 0.0841. The molecule has 0 bridgehead atoms. The molecule has 5 aromatic rings. The lowest BCUT2D eigenvalue weighted by molar-refractivity contribution is 0.665. The Morgan fingerprint density at radius 2 is 1.15 bits per heavy atom. The Hall–Kier alpha value is -4.60. The Morgan fingerprint density at radius 3 is 1.59 bits per heavy atom. The molecule has 0 saturated carbocycles. The topological polar surface area (TPSA) is 77.8 Å². The molecule has 0 radical (unpaired) electrons. The average Bonchev–Trinajstić information content (AvgIpc) is 3.29. The van der Waals surface area contributed by atoms with Crippen LogP contribution in [0.5, 0.6) is 0 Å². The monoisotopic (exact) mass is 577 g/mol. The Labute approximate surface area is 250 Å². The van der Waals surface area contributed by atoms with Gasteiger partial charge in [0.1, 0.15) is 0 Å². The number of anilines is 2. The summed E-state index contributed by atoms with van der Waals surface area (Å²) in [5.74, 6) is 0. The summed E-state index contributed by atoms with van der Waals surface area (Å²) in [6.07, 6.45) is 5.80. The van der Waals surface area contributed by atoms with Crippen LogP contribution in [0.15, 0.2) is 107 Å². The summed E-state index contributed by atoms with van der Waals surface area (Å²) in [5, 5.41) is 18.1. The molecule has 7 nitrogen and oxygen atoms in total. The SMILES string of the molecule is CCCCn1c2ccc(/C=N/NC(=S)Nc3ccccc3)cc2c2cc(/C=N/NC(=S)Nc3ccccc3)ccc21. The Bertz CT molecular complexity index is 1590. The fraction of sp³-hybridized carbons (Fsp3) is 0.125. The van der Waals surface area contributed by atoms with E-state index >= 15 is 0 Å². The summed E-state index contributed by atoms with van der Waals surface area (Å²) in [5.41, 5.74) is 11.9.